The highest BCUT2D eigenvalue weighted by Crippen LogP contribution is 2.28. The van der Waals surface area contributed by atoms with Crippen LogP contribution in [0.1, 0.15) is 34.5 Å². The van der Waals surface area contributed by atoms with Crippen LogP contribution in [0, 0.1) is 18.7 Å². The van der Waals surface area contributed by atoms with Crippen LogP contribution >= 0.6 is 11.6 Å². The number of nitrogens with one attached hydrogen (secondary N) is 1. The van der Waals surface area contributed by atoms with Gasteiger partial charge in [0.2, 0.25) is 0 Å². The van der Waals surface area contributed by atoms with E-state index in [0.29, 0.717) is 16.5 Å². The lowest BCUT2D eigenvalue weighted by molar-refractivity contribution is 0.0691. The number of rotatable bonds is 3. The van der Waals surface area contributed by atoms with Gasteiger partial charge in [-0.1, -0.05) is 23.7 Å². The molecule has 2 heterocycles. The number of likely N-dealkylation sites (tertiary alicyclic amines) is 1. The van der Waals surface area contributed by atoms with Gasteiger partial charge in [0.15, 0.2) is 0 Å². The highest BCUT2D eigenvalue weighted by molar-refractivity contribution is 6.34. The molecular formula is C22H22ClFN2O. The molecule has 4 rings (SSSR count). The van der Waals surface area contributed by atoms with Gasteiger partial charge in [-0.2, -0.15) is 0 Å². The Bertz CT molecular complexity index is 972. The number of amides is 1. The molecule has 0 bridgehead atoms. The number of aryl methyl sites for hydroxylation is 1. The highest BCUT2D eigenvalue weighted by Gasteiger charge is 2.25. The zero-order valence-electron chi connectivity index (χ0n) is 15.3. The van der Waals surface area contributed by atoms with Crippen molar-refractivity contribution in [1.29, 1.82) is 0 Å². The molecule has 1 amide bonds. The number of H-pyrrole nitrogens is 1. The van der Waals surface area contributed by atoms with Gasteiger partial charge in [-0.05, 0) is 68.0 Å². The fourth-order valence-electron chi connectivity index (χ4n) is 3.93. The van der Waals surface area contributed by atoms with Crippen molar-refractivity contribution in [3.8, 4) is 0 Å². The maximum absolute atomic E-state index is 13.0. The van der Waals surface area contributed by atoms with Crippen LogP contribution in [-0.4, -0.2) is 28.9 Å². The fourth-order valence-corrected chi connectivity index (χ4v) is 4.17. The van der Waals surface area contributed by atoms with Crippen LogP contribution < -0.4 is 0 Å². The summed E-state index contributed by atoms with van der Waals surface area (Å²) in [4.78, 5) is 18.1. The number of halogens is 2. The second-order valence-corrected chi connectivity index (χ2v) is 7.85. The van der Waals surface area contributed by atoms with Gasteiger partial charge in [-0.3, -0.25) is 4.79 Å². The fraction of sp³-hybridized carbons (Fsp3) is 0.318. The third kappa shape index (κ3) is 3.86. The van der Waals surface area contributed by atoms with E-state index in [0.717, 1.165) is 54.5 Å². The molecule has 27 heavy (non-hydrogen) atoms. The molecule has 1 N–H and O–H groups in total. The first-order valence-corrected chi connectivity index (χ1v) is 9.70. The third-order valence-corrected chi connectivity index (χ3v) is 5.73. The first-order chi connectivity index (χ1) is 13.0. The number of nitrogens with zero attached hydrogens (tertiary/aromatic N) is 1. The maximum atomic E-state index is 13.0. The van der Waals surface area contributed by atoms with Crippen molar-refractivity contribution in [2.24, 2.45) is 5.92 Å². The quantitative estimate of drug-likeness (QED) is 0.648. The van der Waals surface area contributed by atoms with Crippen molar-refractivity contribution >= 4 is 28.4 Å². The topological polar surface area (TPSA) is 36.1 Å². The average molecular weight is 385 g/mol. The Morgan fingerprint density at radius 3 is 2.59 bits per heavy atom. The minimum Gasteiger partial charge on any atom is -0.359 e. The summed E-state index contributed by atoms with van der Waals surface area (Å²) >= 11 is 6.38. The Hall–Kier alpha value is -2.33. The molecule has 1 fully saturated rings. The van der Waals surface area contributed by atoms with Crippen LogP contribution in [-0.2, 0) is 6.42 Å². The van der Waals surface area contributed by atoms with Crippen molar-refractivity contribution < 1.29 is 9.18 Å². The number of aromatic nitrogens is 1. The molecule has 2 aromatic carbocycles. The predicted molar refractivity (Wildman–Crippen MR) is 107 cm³/mol. The van der Waals surface area contributed by atoms with Gasteiger partial charge in [0.05, 0.1) is 10.6 Å². The standard InChI is InChI=1S/C22H22ClFN2O/c1-14-10-17-12-19(20(23)13-21(17)25-14)22(27)26-8-6-16(7-9-26)11-15-2-4-18(24)5-3-15/h2-5,10,12-13,16,25H,6-9,11H2,1H3. The normalized spacial score (nSPS) is 15.4. The summed E-state index contributed by atoms with van der Waals surface area (Å²) < 4.78 is 13.0. The molecule has 1 aliphatic rings. The molecule has 5 heteroatoms. The number of hydrogen-bond acceptors (Lipinski definition) is 1. The number of fused-ring (bicyclic) bond motifs is 1. The summed E-state index contributed by atoms with van der Waals surface area (Å²) in [5.41, 5.74) is 3.72. The summed E-state index contributed by atoms with van der Waals surface area (Å²) in [6, 6.07) is 12.5. The van der Waals surface area contributed by atoms with Crippen molar-refractivity contribution in [2.75, 3.05) is 13.1 Å². The molecule has 140 valence electrons. The number of hydrogen-bond donors (Lipinski definition) is 1. The smallest absolute Gasteiger partial charge is 0.255 e. The zero-order valence-corrected chi connectivity index (χ0v) is 16.0. The number of carbonyl (C=O) groups is 1. The highest BCUT2D eigenvalue weighted by atomic mass is 35.5. The van der Waals surface area contributed by atoms with E-state index < -0.39 is 0 Å². The second-order valence-electron chi connectivity index (χ2n) is 7.44. The Morgan fingerprint density at radius 2 is 1.89 bits per heavy atom. The summed E-state index contributed by atoms with van der Waals surface area (Å²) in [6.45, 7) is 3.44. The lowest BCUT2D eigenvalue weighted by atomic mass is 9.90. The van der Waals surface area contributed by atoms with Crippen LogP contribution in [0.3, 0.4) is 0 Å². The van der Waals surface area contributed by atoms with Crippen molar-refractivity contribution in [3.05, 3.63) is 70.1 Å². The van der Waals surface area contributed by atoms with E-state index in [9.17, 15) is 9.18 Å². The number of aromatic amines is 1. The first-order valence-electron chi connectivity index (χ1n) is 9.32. The van der Waals surface area contributed by atoms with Crippen LogP contribution in [0.2, 0.25) is 5.02 Å². The van der Waals surface area contributed by atoms with E-state index in [1.807, 2.05) is 42.2 Å². The largest absolute Gasteiger partial charge is 0.359 e. The molecule has 0 aliphatic carbocycles. The molecule has 1 saturated heterocycles. The number of piperidine rings is 1. The van der Waals surface area contributed by atoms with Gasteiger partial charge in [0, 0.05) is 29.7 Å². The molecule has 0 saturated carbocycles. The Labute approximate surface area is 163 Å². The van der Waals surface area contributed by atoms with Crippen LogP contribution in [0.4, 0.5) is 4.39 Å². The number of benzene rings is 2. The second kappa shape index (κ2) is 7.35. The minimum atomic E-state index is -0.203. The van der Waals surface area contributed by atoms with Gasteiger partial charge >= 0.3 is 0 Å². The molecular weight excluding hydrogens is 363 g/mol. The zero-order chi connectivity index (χ0) is 19.0. The van der Waals surface area contributed by atoms with Gasteiger partial charge < -0.3 is 9.88 Å². The average Bonchev–Trinajstić information content (AvgIpc) is 3.02. The molecule has 0 spiro atoms. The summed E-state index contributed by atoms with van der Waals surface area (Å²) in [5, 5.41) is 1.49. The van der Waals surface area contributed by atoms with Gasteiger partial charge in [-0.25, -0.2) is 4.39 Å². The van der Waals surface area contributed by atoms with Crippen LogP contribution in [0.25, 0.3) is 10.9 Å². The molecule has 3 nitrogen and oxygen atoms in total. The van der Waals surface area contributed by atoms with Crippen molar-refractivity contribution in [3.63, 3.8) is 0 Å². The van der Waals surface area contributed by atoms with E-state index in [-0.39, 0.29) is 11.7 Å². The van der Waals surface area contributed by atoms with Gasteiger partial charge in [-0.15, -0.1) is 0 Å². The lowest BCUT2D eigenvalue weighted by Crippen LogP contribution is -2.39. The summed E-state index contributed by atoms with van der Waals surface area (Å²) in [5.74, 6) is 0.316. The first kappa shape index (κ1) is 18.1. The predicted octanol–water partition coefficient (Wildman–Crippen LogP) is 5.36. The SMILES string of the molecule is Cc1cc2cc(C(=O)N3CCC(Cc4ccc(F)cc4)CC3)c(Cl)cc2[nH]1. The van der Waals surface area contributed by atoms with Crippen molar-refractivity contribution in [1.82, 2.24) is 9.88 Å². The maximum Gasteiger partial charge on any atom is 0.255 e. The lowest BCUT2D eigenvalue weighted by Gasteiger charge is -2.32. The van der Waals surface area contributed by atoms with Crippen LogP contribution in [0.5, 0.6) is 0 Å². The van der Waals surface area contributed by atoms with Crippen LogP contribution in [0.15, 0.2) is 42.5 Å². The van der Waals surface area contributed by atoms with E-state index in [1.54, 1.807) is 0 Å². The summed E-state index contributed by atoms with van der Waals surface area (Å²) in [7, 11) is 0. The van der Waals surface area contributed by atoms with Gasteiger partial charge in [0.1, 0.15) is 5.82 Å². The van der Waals surface area contributed by atoms with E-state index in [1.165, 1.54) is 12.1 Å². The molecule has 1 aliphatic heterocycles. The van der Waals surface area contributed by atoms with Crippen molar-refractivity contribution in [2.45, 2.75) is 26.2 Å². The van der Waals surface area contributed by atoms with E-state index in [4.69, 9.17) is 11.6 Å². The Balaban J connectivity index is 1.42. The van der Waals surface area contributed by atoms with E-state index >= 15 is 0 Å². The van der Waals surface area contributed by atoms with E-state index in [2.05, 4.69) is 4.98 Å². The Morgan fingerprint density at radius 1 is 1.19 bits per heavy atom. The molecule has 3 aromatic rings. The third-order valence-electron chi connectivity index (χ3n) is 5.41. The molecule has 0 atom stereocenters. The van der Waals surface area contributed by atoms with Gasteiger partial charge in [0.25, 0.3) is 5.91 Å². The molecule has 1 aromatic heterocycles. The Kier molecular flexibility index (Phi) is 4.92. The monoisotopic (exact) mass is 384 g/mol. The number of carbonyl (C=O) groups excluding carboxylic acids is 1. The molecule has 0 unspecified atom stereocenters. The molecule has 0 radical (unpaired) electrons. The minimum absolute atomic E-state index is 0.000912. The summed E-state index contributed by atoms with van der Waals surface area (Å²) in [6.07, 6.45) is 2.83.